The van der Waals surface area contributed by atoms with Crippen LogP contribution < -0.4 is 10.1 Å². The van der Waals surface area contributed by atoms with Crippen LogP contribution in [-0.4, -0.2) is 35.2 Å². The molecule has 0 aliphatic rings. The van der Waals surface area contributed by atoms with Crippen LogP contribution in [0.2, 0.25) is 5.02 Å². The maximum absolute atomic E-state index is 11.4. The highest BCUT2D eigenvalue weighted by molar-refractivity contribution is 7.17. The van der Waals surface area contributed by atoms with Gasteiger partial charge in [-0.2, -0.15) is 0 Å². The molecular formula is C21H16ClN3O3S. The Labute approximate surface area is 175 Å². The lowest BCUT2D eigenvalue weighted by atomic mass is 9.97. The number of aromatic carboxylic acids is 1. The van der Waals surface area contributed by atoms with Crippen molar-refractivity contribution in [1.82, 2.24) is 9.97 Å². The maximum atomic E-state index is 11.4. The summed E-state index contributed by atoms with van der Waals surface area (Å²) in [6, 6.07) is 12.8. The molecule has 8 heteroatoms. The molecule has 0 saturated carbocycles. The summed E-state index contributed by atoms with van der Waals surface area (Å²) in [5, 5.41) is 13.7. The number of nitrogens with one attached hydrogen (secondary N) is 1. The first-order chi connectivity index (χ1) is 14.0. The average molecular weight is 426 g/mol. The molecule has 2 aromatic carbocycles. The predicted molar refractivity (Wildman–Crippen MR) is 116 cm³/mol. The van der Waals surface area contributed by atoms with Gasteiger partial charge in [-0.3, -0.25) is 0 Å². The standard InChI is InChI=1S/C21H16ClN3O3S/c1-23-21-24-10-15-13(11-4-3-5-12(22)8-11)9-14(19(28-2)18(15)25-21)16-6-7-17(29-16)20(26)27/h3-10H,1-2H3,(H,26,27)(H,23,24,25). The number of carboxylic acid groups (broad SMARTS) is 1. The van der Waals surface area contributed by atoms with E-state index in [4.69, 9.17) is 16.3 Å². The van der Waals surface area contributed by atoms with E-state index in [0.717, 1.165) is 27.0 Å². The van der Waals surface area contributed by atoms with Crippen LogP contribution in [0.3, 0.4) is 0 Å². The number of carbonyl (C=O) groups is 1. The van der Waals surface area contributed by atoms with Gasteiger partial charge in [0.05, 0.1) is 7.11 Å². The zero-order valence-electron chi connectivity index (χ0n) is 15.6. The van der Waals surface area contributed by atoms with Crippen molar-refractivity contribution in [3.63, 3.8) is 0 Å². The number of carboxylic acids is 1. The molecule has 0 aliphatic carbocycles. The van der Waals surface area contributed by atoms with Crippen LogP contribution in [0.15, 0.2) is 48.7 Å². The first-order valence-corrected chi connectivity index (χ1v) is 9.86. The highest BCUT2D eigenvalue weighted by atomic mass is 35.5. The maximum Gasteiger partial charge on any atom is 0.345 e. The van der Waals surface area contributed by atoms with Gasteiger partial charge in [0.1, 0.15) is 10.4 Å². The van der Waals surface area contributed by atoms with E-state index < -0.39 is 5.97 Å². The molecule has 146 valence electrons. The normalized spacial score (nSPS) is 10.9. The summed E-state index contributed by atoms with van der Waals surface area (Å²) in [5.74, 6) is 0.0572. The topological polar surface area (TPSA) is 84.3 Å². The van der Waals surface area contributed by atoms with Crippen LogP contribution in [0.1, 0.15) is 9.67 Å². The van der Waals surface area contributed by atoms with E-state index in [9.17, 15) is 9.90 Å². The fourth-order valence-corrected chi connectivity index (χ4v) is 4.22. The molecule has 0 unspecified atom stereocenters. The van der Waals surface area contributed by atoms with Crippen LogP contribution in [0, 0.1) is 0 Å². The van der Waals surface area contributed by atoms with Crippen molar-refractivity contribution in [1.29, 1.82) is 0 Å². The van der Waals surface area contributed by atoms with Gasteiger partial charge >= 0.3 is 5.97 Å². The van der Waals surface area contributed by atoms with Crippen molar-refractivity contribution >= 4 is 45.8 Å². The van der Waals surface area contributed by atoms with Crippen LogP contribution in [0.5, 0.6) is 5.75 Å². The van der Waals surface area contributed by atoms with Gasteiger partial charge in [0.25, 0.3) is 0 Å². The molecule has 0 saturated heterocycles. The lowest BCUT2D eigenvalue weighted by Gasteiger charge is -2.15. The quantitative estimate of drug-likeness (QED) is 0.443. The monoisotopic (exact) mass is 425 g/mol. The number of benzene rings is 2. The molecule has 0 amide bonds. The molecule has 0 spiro atoms. The zero-order chi connectivity index (χ0) is 20.5. The van der Waals surface area contributed by atoms with Gasteiger partial charge in [-0.05, 0) is 41.5 Å². The molecule has 0 fully saturated rings. The Bertz CT molecular complexity index is 1240. The molecule has 2 N–H and O–H groups in total. The molecular weight excluding hydrogens is 410 g/mol. The minimum Gasteiger partial charge on any atom is -0.494 e. The third-order valence-electron chi connectivity index (χ3n) is 4.47. The van der Waals surface area contributed by atoms with Gasteiger partial charge in [-0.25, -0.2) is 14.8 Å². The highest BCUT2D eigenvalue weighted by Crippen LogP contribution is 2.44. The van der Waals surface area contributed by atoms with E-state index in [-0.39, 0.29) is 4.88 Å². The molecule has 4 aromatic rings. The summed E-state index contributed by atoms with van der Waals surface area (Å²) in [7, 11) is 3.32. The average Bonchev–Trinajstić information content (AvgIpc) is 3.22. The van der Waals surface area contributed by atoms with Gasteiger partial charge in [-0.1, -0.05) is 23.7 Å². The molecule has 2 aromatic heterocycles. The van der Waals surface area contributed by atoms with Gasteiger partial charge < -0.3 is 15.2 Å². The molecule has 4 rings (SSSR count). The fourth-order valence-electron chi connectivity index (χ4n) is 3.17. The minimum atomic E-state index is -0.962. The molecule has 0 atom stereocenters. The third kappa shape index (κ3) is 3.50. The van der Waals surface area contributed by atoms with Crippen molar-refractivity contribution in [2.24, 2.45) is 0 Å². The summed E-state index contributed by atoms with van der Waals surface area (Å²) in [6.07, 6.45) is 1.74. The number of methoxy groups -OCH3 is 1. The van der Waals surface area contributed by atoms with Crippen molar-refractivity contribution in [3.05, 3.63) is 58.6 Å². The van der Waals surface area contributed by atoms with Gasteiger partial charge in [0.2, 0.25) is 5.95 Å². The molecule has 0 bridgehead atoms. The Hall–Kier alpha value is -3.16. The van der Waals surface area contributed by atoms with E-state index in [0.29, 0.717) is 22.2 Å². The van der Waals surface area contributed by atoms with Gasteiger partial charge in [-0.15, -0.1) is 11.3 Å². The first-order valence-electron chi connectivity index (χ1n) is 8.66. The number of hydrogen-bond donors (Lipinski definition) is 2. The molecule has 6 nitrogen and oxygen atoms in total. The molecule has 0 aliphatic heterocycles. The minimum absolute atomic E-state index is 0.255. The second-order valence-corrected chi connectivity index (χ2v) is 7.71. The fraction of sp³-hybridized carbons (Fsp3) is 0.0952. The number of anilines is 1. The second-order valence-electron chi connectivity index (χ2n) is 6.19. The van der Waals surface area contributed by atoms with E-state index in [2.05, 4.69) is 15.3 Å². The Morgan fingerprint density at radius 3 is 2.69 bits per heavy atom. The number of hydrogen-bond acceptors (Lipinski definition) is 6. The molecule has 2 heterocycles. The SMILES string of the molecule is CNc1ncc2c(-c3cccc(Cl)c3)cc(-c3ccc(C(=O)O)s3)c(OC)c2n1. The van der Waals surface area contributed by atoms with Crippen molar-refractivity contribution in [2.75, 3.05) is 19.5 Å². The summed E-state index contributed by atoms with van der Waals surface area (Å²) < 4.78 is 5.71. The highest BCUT2D eigenvalue weighted by Gasteiger charge is 2.20. The van der Waals surface area contributed by atoms with Gasteiger partial charge in [0, 0.05) is 34.1 Å². The number of halogens is 1. The Balaban J connectivity index is 2.07. The number of ether oxygens (including phenoxy) is 1. The largest absolute Gasteiger partial charge is 0.494 e. The number of nitrogens with zero attached hydrogens (tertiary/aromatic N) is 2. The summed E-state index contributed by atoms with van der Waals surface area (Å²) in [4.78, 5) is 21.3. The van der Waals surface area contributed by atoms with Crippen molar-refractivity contribution in [3.8, 4) is 27.3 Å². The van der Waals surface area contributed by atoms with Crippen molar-refractivity contribution < 1.29 is 14.6 Å². The van der Waals surface area contributed by atoms with E-state index in [1.807, 2.05) is 30.3 Å². The summed E-state index contributed by atoms with van der Waals surface area (Å²) >= 11 is 7.40. The number of aromatic nitrogens is 2. The van der Waals surface area contributed by atoms with Crippen LogP contribution in [-0.2, 0) is 0 Å². The van der Waals surface area contributed by atoms with E-state index >= 15 is 0 Å². The smallest absolute Gasteiger partial charge is 0.345 e. The van der Waals surface area contributed by atoms with E-state index in [1.165, 1.54) is 11.3 Å². The van der Waals surface area contributed by atoms with E-state index in [1.54, 1.807) is 32.5 Å². The molecule has 29 heavy (non-hydrogen) atoms. The number of fused-ring (bicyclic) bond motifs is 1. The van der Waals surface area contributed by atoms with Crippen LogP contribution >= 0.6 is 22.9 Å². The molecule has 0 radical (unpaired) electrons. The Morgan fingerprint density at radius 2 is 2.03 bits per heavy atom. The number of rotatable bonds is 5. The lowest BCUT2D eigenvalue weighted by molar-refractivity contribution is 0.0702. The summed E-state index contributed by atoms with van der Waals surface area (Å²) in [5.41, 5.74) is 3.17. The van der Waals surface area contributed by atoms with Gasteiger partial charge in [0.15, 0.2) is 5.75 Å². The lowest BCUT2D eigenvalue weighted by Crippen LogP contribution is -1.99. The Morgan fingerprint density at radius 1 is 1.21 bits per heavy atom. The van der Waals surface area contributed by atoms with Crippen molar-refractivity contribution in [2.45, 2.75) is 0 Å². The van der Waals surface area contributed by atoms with Crippen LogP contribution in [0.25, 0.3) is 32.5 Å². The zero-order valence-corrected chi connectivity index (χ0v) is 17.1. The summed E-state index contributed by atoms with van der Waals surface area (Å²) in [6.45, 7) is 0. The predicted octanol–water partition coefficient (Wildman–Crippen LogP) is 5.43. The second kappa shape index (κ2) is 7.69. The first kappa shape index (κ1) is 19.2. The van der Waals surface area contributed by atoms with Crippen LogP contribution in [0.4, 0.5) is 5.95 Å². The third-order valence-corrected chi connectivity index (χ3v) is 5.81. The number of thiophene rings is 1. The Kier molecular flexibility index (Phi) is 5.08.